The number of rotatable bonds is 1. The summed E-state index contributed by atoms with van der Waals surface area (Å²) in [6.45, 7) is 5.96. The number of hydrogen-bond acceptors (Lipinski definition) is 1. The van der Waals surface area contributed by atoms with Crippen molar-refractivity contribution in [2.24, 2.45) is 5.41 Å². The van der Waals surface area contributed by atoms with Crippen LogP contribution in [-0.2, 0) is 0 Å². The topological polar surface area (TPSA) is 20.2 Å². The summed E-state index contributed by atoms with van der Waals surface area (Å²) in [5.41, 5.74) is 0.866. The molecule has 0 aliphatic carbocycles. The lowest BCUT2D eigenvalue weighted by molar-refractivity contribution is 0.282. The van der Waals surface area contributed by atoms with Crippen molar-refractivity contribution in [2.75, 3.05) is 0 Å². The van der Waals surface area contributed by atoms with Gasteiger partial charge in [-0.25, -0.2) is 0 Å². The fraction of sp³-hybridized carbons (Fsp3) is 0.333. The van der Waals surface area contributed by atoms with Crippen LogP contribution in [-0.4, -0.2) is 5.11 Å². The maximum Gasteiger partial charge on any atom is 0.0981 e. The molecule has 1 heteroatoms. The summed E-state index contributed by atoms with van der Waals surface area (Å²) >= 11 is 0. The Hall–Kier alpha value is -1.24. The summed E-state index contributed by atoms with van der Waals surface area (Å²) < 4.78 is 0. The molecule has 0 amide bonds. The molecular weight excluding hydrogens is 160 g/mol. The first-order valence-corrected chi connectivity index (χ1v) is 4.46. The van der Waals surface area contributed by atoms with E-state index in [1.165, 1.54) is 0 Å². The molecule has 1 N–H and O–H groups in total. The molecule has 0 aliphatic rings. The first-order chi connectivity index (χ1) is 6.00. The molecule has 0 spiro atoms. The Kier molecular flexibility index (Phi) is 2.76. The van der Waals surface area contributed by atoms with Gasteiger partial charge in [0.2, 0.25) is 0 Å². The molecule has 0 bridgehead atoms. The van der Waals surface area contributed by atoms with Crippen molar-refractivity contribution in [3.8, 4) is 0 Å². The number of benzene rings is 1. The van der Waals surface area contributed by atoms with Crippen LogP contribution in [0, 0.1) is 5.41 Å². The quantitative estimate of drug-likeness (QED) is 0.648. The van der Waals surface area contributed by atoms with Gasteiger partial charge in [-0.2, -0.15) is 0 Å². The molecule has 1 aromatic rings. The molecule has 0 aliphatic heterocycles. The van der Waals surface area contributed by atoms with Crippen molar-refractivity contribution in [3.05, 3.63) is 41.7 Å². The zero-order valence-corrected chi connectivity index (χ0v) is 8.41. The predicted octanol–water partition coefficient (Wildman–Crippen LogP) is 3.63. The molecule has 0 atom stereocenters. The third kappa shape index (κ3) is 2.94. The zero-order chi connectivity index (χ0) is 9.90. The Morgan fingerprint density at radius 2 is 1.69 bits per heavy atom. The number of aliphatic hydroxyl groups excluding tert-OH is 1. The van der Waals surface area contributed by atoms with Crippen LogP contribution in [0.5, 0.6) is 0 Å². The van der Waals surface area contributed by atoms with Crippen LogP contribution in [0.15, 0.2) is 36.1 Å². The van der Waals surface area contributed by atoms with Crippen molar-refractivity contribution >= 4 is 6.08 Å². The standard InChI is InChI=1S/C12H16O/c1-12(2,3)11(13)9-10-7-5-4-6-8-10/h4-9,13H,1-3H3. The minimum atomic E-state index is -0.171. The number of hydrogen-bond donors (Lipinski definition) is 1. The lowest BCUT2D eigenvalue weighted by Gasteiger charge is -2.17. The Morgan fingerprint density at radius 1 is 1.15 bits per heavy atom. The summed E-state index contributed by atoms with van der Waals surface area (Å²) in [6.07, 6.45) is 1.81. The van der Waals surface area contributed by atoms with Crippen molar-refractivity contribution in [1.82, 2.24) is 0 Å². The van der Waals surface area contributed by atoms with Crippen LogP contribution in [0.4, 0.5) is 0 Å². The van der Waals surface area contributed by atoms with Crippen LogP contribution in [0.3, 0.4) is 0 Å². The van der Waals surface area contributed by atoms with E-state index in [2.05, 4.69) is 0 Å². The molecule has 1 nitrogen and oxygen atoms in total. The van der Waals surface area contributed by atoms with Crippen molar-refractivity contribution in [3.63, 3.8) is 0 Å². The summed E-state index contributed by atoms with van der Waals surface area (Å²) in [5, 5.41) is 9.70. The van der Waals surface area contributed by atoms with Crippen molar-refractivity contribution in [2.45, 2.75) is 20.8 Å². The number of aliphatic hydroxyl groups is 1. The van der Waals surface area contributed by atoms with E-state index in [4.69, 9.17) is 0 Å². The first-order valence-electron chi connectivity index (χ1n) is 4.46. The monoisotopic (exact) mass is 176 g/mol. The highest BCUT2D eigenvalue weighted by atomic mass is 16.3. The summed E-state index contributed by atoms with van der Waals surface area (Å²) in [4.78, 5) is 0. The smallest absolute Gasteiger partial charge is 0.0981 e. The van der Waals surface area contributed by atoms with E-state index in [0.29, 0.717) is 5.76 Å². The minimum absolute atomic E-state index is 0.171. The molecule has 1 aromatic carbocycles. The Morgan fingerprint density at radius 3 is 2.15 bits per heavy atom. The van der Waals surface area contributed by atoms with Gasteiger partial charge in [0.1, 0.15) is 0 Å². The average molecular weight is 176 g/mol. The van der Waals surface area contributed by atoms with Crippen molar-refractivity contribution < 1.29 is 5.11 Å². The molecule has 1 rings (SSSR count). The second-order valence-corrected chi connectivity index (χ2v) is 4.19. The summed E-state index contributed by atoms with van der Waals surface area (Å²) in [7, 11) is 0. The lowest BCUT2D eigenvalue weighted by atomic mass is 9.92. The SMILES string of the molecule is CC(C)(C)C(O)=Cc1ccccc1. The minimum Gasteiger partial charge on any atom is -0.512 e. The third-order valence-corrected chi connectivity index (χ3v) is 1.87. The Balaban J connectivity index is 2.90. The average Bonchev–Trinajstić information content (AvgIpc) is 2.04. The van der Waals surface area contributed by atoms with Gasteiger partial charge < -0.3 is 5.11 Å². The molecule has 0 aromatic heterocycles. The van der Waals surface area contributed by atoms with Crippen LogP contribution in [0.25, 0.3) is 6.08 Å². The highest BCUT2D eigenvalue weighted by Gasteiger charge is 2.15. The van der Waals surface area contributed by atoms with E-state index in [0.717, 1.165) is 5.56 Å². The molecule has 70 valence electrons. The summed E-state index contributed by atoms with van der Waals surface area (Å²) in [6, 6.07) is 9.83. The van der Waals surface area contributed by atoms with E-state index in [9.17, 15) is 5.11 Å². The van der Waals surface area contributed by atoms with Gasteiger partial charge in [-0.1, -0.05) is 51.1 Å². The highest BCUT2D eigenvalue weighted by Crippen LogP contribution is 2.24. The van der Waals surface area contributed by atoms with Crippen LogP contribution < -0.4 is 0 Å². The van der Waals surface area contributed by atoms with Gasteiger partial charge in [0.05, 0.1) is 5.76 Å². The molecule has 0 saturated heterocycles. The van der Waals surface area contributed by atoms with Gasteiger partial charge in [-0.15, -0.1) is 0 Å². The van der Waals surface area contributed by atoms with E-state index in [-0.39, 0.29) is 5.41 Å². The van der Waals surface area contributed by atoms with Crippen LogP contribution in [0.1, 0.15) is 26.3 Å². The normalized spacial score (nSPS) is 13.0. The van der Waals surface area contributed by atoms with Crippen LogP contribution >= 0.6 is 0 Å². The van der Waals surface area contributed by atoms with E-state index >= 15 is 0 Å². The first kappa shape index (κ1) is 9.85. The molecule has 0 radical (unpaired) electrons. The maximum atomic E-state index is 9.70. The van der Waals surface area contributed by atoms with E-state index < -0.39 is 0 Å². The maximum absolute atomic E-state index is 9.70. The Labute approximate surface area is 79.7 Å². The van der Waals surface area contributed by atoms with E-state index in [1.807, 2.05) is 51.1 Å². The second kappa shape index (κ2) is 3.65. The highest BCUT2D eigenvalue weighted by molar-refractivity contribution is 5.51. The summed E-state index contributed by atoms with van der Waals surface area (Å²) in [5.74, 6) is 0.415. The number of allylic oxidation sites excluding steroid dienone is 1. The molecular formula is C12H16O. The van der Waals surface area contributed by atoms with Crippen molar-refractivity contribution in [1.29, 1.82) is 0 Å². The van der Waals surface area contributed by atoms with Gasteiger partial charge in [0.25, 0.3) is 0 Å². The zero-order valence-electron chi connectivity index (χ0n) is 8.41. The van der Waals surface area contributed by atoms with Gasteiger partial charge >= 0.3 is 0 Å². The van der Waals surface area contributed by atoms with Crippen LogP contribution in [0.2, 0.25) is 0 Å². The fourth-order valence-electron chi connectivity index (χ4n) is 0.924. The second-order valence-electron chi connectivity index (χ2n) is 4.19. The third-order valence-electron chi connectivity index (χ3n) is 1.87. The lowest BCUT2D eigenvalue weighted by Crippen LogP contribution is -2.08. The molecule has 0 fully saturated rings. The molecule has 13 heavy (non-hydrogen) atoms. The molecule has 0 heterocycles. The largest absolute Gasteiger partial charge is 0.512 e. The molecule has 0 saturated carbocycles. The van der Waals surface area contributed by atoms with Gasteiger partial charge in [-0.3, -0.25) is 0 Å². The predicted molar refractivity (Wildman–Crippen MR) is 56.5 cm³/mol. The van der Waals surface area contributed by atoms with Gasteiger partial charge in [0.15, 0.2) is 0 Å². The van der Waals surface area contributed by atoms with E-state index in [1.54, 1.807) is 6.08 Å². The fourth-order valence-corrected chi connectivity index (χ4v) is 0.924. The van der Waals surface area contributed by atoms with Gasteiger partial charge in [0, 0.05) is 5.41 Å². The molecule has 0 unspecified atom stereocenters. The van der Waals surface area contributed by atoms with Gasteiger partial charge in [-0.05, 0) is 11.6 Å². The Bertz CT molecular complexity index is 291.